The largest absolute Gasteiger partial charge is 0.383 e. The van der Waals surface area contributed by atoms with Gasteiger partial charge in [0.15, 0.2) is 0 Å². The summed E-state index contributed by atoms with van der Waals surface area (Å²) < 4.78 is 0. The lowest BCUT2D eigenvalue weighted by atomic mass is 10.1. The summed E-state index contributed by atoms with van der Waals surface area (Å²) in [5, 5.41) is 2.96. The molecule has 0 saturated heterocycles. The highest BCUT2D eigenvalue weighted by molar-refractivity contribution is 7.10. The molecule has 0 atom stereocenters. The van der Waals surface area contributed by atoms with Crippen LogP contribution >= 0.6 is 11.3 Å². The number of aromatic nitrogens is 1. The van der Waals surface area contributed by atoms with Gasteiger partial charge in [0, 0.05) is 11.8 Å². The maximum Gasteiger partial charge on any atom is 0.134 e. The van der Waals surface area contributed by atoms with Crippen molar-refractivity contribution in [3.63, 3.8) is 0 Å². The summed E-state index contributed by atoms with van der Waals surface area (Å²) in [6, 6.07) is 8.46. The third-order valence-corrected chi connectivity index (χ3v) is 2.87. The molecule has 1 aromatic carbocycles. The summed E-state index contributed by atoms with van der Waals surface area (Å²) in [5.74, 6) is 0.623. The number of anilines is 1. The molecule has 14 heavy (non-hydrogen) atoms. The van der Waals surface area contributed by atoms with Crippen LogP contribution in [0.4, 0.5) is 5.82 Å². The summed E-state index contributed by atoms with van der Waals surface area (Å²) in [4.78, 5) is 4.23. The van der Waals surface area contributed by atoms with Crippen LogP contribution in [0.15, 0.2) is 29.6 Å². The van der Waals surface area contributed by atoms with E-state index in [4.69, 9.17) is 5.73 Å². The molecule has 0 aliphatic carbocycles. The van der Waals surface area contributed by atoms with Crippen molar-refractivity contribution in [3.8, 4) is 0 Å². The number of nitrogens with two attached hydrogens (primary N) is 1. The van der Waals surface area contributed by atoms with Crippen LogP contribution in [0.25, 0.3) is 0 Å². The molecule has 0 saturated carbocycles. The molecule has 1 heterocycles. The summed E-state index contributed by atoms with van der Waals surface area (Å²) >= 11 is 1.61. The van der Waals surface area contributed by atoms with Gasteiger partial charge in [-0.25, -0.2) is 4.98 Å². The van der Waals surface area contributed by atoms with Crippen LogP contribution in [0.3, 0.4) is 0 Å². The first-order valence-corrected chi connectivity index (χ1v) is 5.37. The maximum absolute atomic E-state index is 5.56. The predicted octanol–water partition coefficient (Wildman–Crippen LogP) is 2.62. The summed E-state index contributed by atoms with van der Waals surface area (Å²) in [6.07, 6.45) is 0.879. The standard InChI is InChI=1S/C11H12N2S/c1-8-3-2-4-9(5-8)6-11-13-10(12)7-14-11/h2-5,7H,6,12H2,1H3. The molecule has 0 bridgehead atoms. The fraction of sp³-hybridized carbons (Fsp3) is 0.182. The van der Waals surface area contributed by atoms with E-state index in [-0.39, 0.29) is 0 Å². The van der Waals surface area contributed by atoms with E-state index in [9.17, 15) is 0 Å². The van der Waals surface area contributed by atoms with Crippen molar-refractivity contribution < 1.29 is 0 Å². The number of rotatable bonds is 2. The predicted molar refractivity (Wildman–Crippen MR) is 60.5 cm³/mol. The van der Waals surface area contributed by atoms with Gasteiger partial charge < -0.3 is 5.73 Å². The highest BCUT2D eigenvalue weighted by Gasteiger charge is 2.00. The highest BCUT2D eigenvalue weighted by Crippen LogP contribution is 2.16. The second-order valence-electron chi connectivity index (χ2n) is 3.33. The summed E-state index contributed by atoms with van der Waals surface area (Å²) in [7, 11) is 0. The zero-order valence-corrected chi connectivity index (χ0v) is 8.84. The van der Waals surface area contributed by atoms with Crippen molar-refractivity contribution in [3.05, 3.63) is 45.8 Å². The molecule has 2 aromatic rings. The first-order chi connectivity index (χ1) is 6.74. The van der Waals surface area contributed by atoms with Gasteiger partial charge in [0.25, 0.3) is 0 Å². The molecule has 0 aliphatic heterocycles. The zero-order chi connectivity index (χ0) is 9.97. The molecule has 0 unspecified atom stereocenters. The van der Waals surface area contributed by atoms with Crippen LogP contribution in [0, 0.1) is 6.92 Å². The third kappa shape index (κ3) is 2.12. The van der Waals surface area contributed by atoms with Crippen molar-refractivity contribution in [2.45, 2.75) is 13.3 Å². The summed E-state index contributed by atoms with van der Waals surface area (Å²) in [5.41, 5.74) is 8.14. The Bertz CT molecular complexity index is 434. The minimum Gasteiger partial charge on any atom is -0.383 e. The third-order valence-electron chi connectivity index (χ3n) is 2.01. The Morgan fingerprint density at radius 1 is 1.43 bits per heavy atom. The van der Waals surface area contributed by atoms with Gasteiger partial charge in [-0.05, 0) is 12.5 Å². The zero-order valence-electron chi connectivity index (χ0n) is 8.03. The molecule has 2 nitrogen and oxygen atoms in total. The van der Waals surface area contributed by atoms with Gasteiger partial charge in [-0.2, -0.15) is 0 Å². The molecule has 0 aliphatic rings. The lowest BCUT2D eigenvalue weighted by Crippen LogP contribution is -1.89. The molecular formula is C11H12N2S. The van der Waals surface area contributed by atoms with Gasteiger partial charge >= 0.3 is 0 Å². The van der Waals surface area contributed by atoms with E-state index in [1.165, 1.54) is 11.1 Å². The molecule has 1 aromatic heterocycles. The fourth-order valence-electron chi connectivity index (χ4n) is 1.40. The Balaban J connectivity index is 2.18. The van der Waals surface area contributed by atoms with Gasteiger partial charge in [-0.15, -0.1) is 11.3 Å². The number of nitrogens with zero attached hydrogens (tertiary/aromatic N) is 1. The van der Waals surface area contributed by atoms with E-state index in [1.54, 1.807) is 11.3 Å². The number of thiazole rings is 1. The Labute approximate surface area is 87.4 Å². The van der Waals surface area contributed by atoms with E-state index in [0.29, 0.717) is 5.82 Å². The topological polar surface area (TPSA) is 38.9 Å². The average Bonchev–Trinajstić information content (AvgIpc) is 2.51. The first-order valence-electron chi connectivity index (χ1n) is 4.49. The lowest BCUT2D eigenvalue weighted by Gasteiger charge is -1.98. The number of nitrogen functional groups attached to an aromatic ring is 1. The molecule has 2 N–H and O–H groups in total. The van der Waals surface area contributed by atoms with E-state index in [0.717, 1.165) is 11.4 Å². The molecule has 72 valence electrons. The highest BCUT2D eigenvalue weighted by atomic mass is 32.1. The smallest absolute Gasteiger partial charge is 0.134 e. The first kappa shape index (κ1) is 9.21. The fourth-order valence-corrected chi connectivity index (χ4v) is 2.12. The van der Waals surface area contributed by atoms with Crippen LogP contribution in [0.1, 0.15) is 16.1 Å². The van der Waals surface area contributed by atoms with Gasteiger partial charge in [0.2, 0.25) is 0 Å². The average molecular weight is 204 g/mol. The van der Waals surface area contributed by atoms with E-state index < -0.39 is 0 Å². The summed E-state index contributed by atoms with van der Waals surface area (Å²) in [6.45, 7) is 2.10. The second kappa shape index (κ2) is 3.80. The molecule has 0 fully saturated rings. The Hall–Kier alpha value is -1.35. The van der Waals surface area contributed by atoms with Crippen molar-refractivity contribution in [2.24, 2.45) is 0 Å². The number of benzene rings is 1. The SMILES string of the molecule is Cc1cccc(Cc2nc(N)cs2)c1. The van der Waals surface area contributed by atoms with E-state index in [2.05, 4.69) is 36.2 Å². The van der Waals surface area contributed by atoms with Gasteiger partial charge in [-0.1, -0.05) is 29.8 Å². The molecule has 2 rings (SSSR count). The van der Waals surface area contributed by atoms with E-state index >= 15 is 0 Å². The quantitative estimate of drug-likeness (QED) is 0.816. The van der Waals surface area contributed by atoms with Gasteiger partial charge in [0.1, 0.15) is 5.82 Å². The van der Waals surface area contributed by atoms with Crippen LogP contribution < -0.4 is 5.73 Å². The number of hydrogen-bond acceptors (Lipinski definition) is 3. The van der Waals surface area contributed by atoms with Crippen LogP contribution in [-0.2, 0) is 6.42 Å². The van der Waals surface area contributed by atoms with E-state index in [1.807, 2.05) is 5.38 Å². The Morgan fingerprint density at radius 3 is 2.93 bits per heavy atom. The molecule has 0 spiro atoms. The number of aryl methyl sites for hydroxylation is 1. The second-order valence-corrected chi connectivity index (χ2v) is 4.27. The van der Waals surface area contributed by atoms with Crippen molar-refractivity contribution in [1.29, 1.82) is 0 Å². The Kier molecular flexibility index (Phi) is 2.50. The monoisotopic (exact) mass is 204 g/mol. The minimum absolute atomic E-state index is 0.623. The van der Waals surface area contributed by atoms with Gasteiger partial charge in [0.05, 0.1) is 5.01 Å². The molecule has 3 heteroatoms. The van der Waals surface area contributed by atoms with Crippen molar-refractivity contribution in [1.82, 2.24) is 4.98 Å². The van der Waals surface area contributed by atoms with Crippen molar-refractivity contribution in [2.75, 3.05) is 5.73 Å². The van der Waals surface area contributed by atoms with Crippen LogP contribution in [0.5, 0.6) is 0 Å². The Morgan fingerprint density at radius 2 is 2.29 bits per heavy atom. The lowest BCUT2D eigenvalue weighted by molar-refractivity contribution is 1.14. The number of hydrogen-bond donors (Lipinski definition) is 1. The minimum atomic E-state index is 0.623. The molecular weight excluding hydrogens is 192 g/mol. The molecule has 0 radical (unpaired) electrons. The van der Waals surface area contributed by atoms with Gasteiger partial charge in [-0.3, -0.25) is 0 Å². The maximum atomic E-state index is 5.56. The normalized spacial score (nSPS) is 10.4. The van der Waals surface area contributed by atoms with Crippen molar-refractivity contribution >= 4 is 17.2 Å². The van der Waals surface area contributed by atoms with Crippen LogP contribution in [0.2, 0.25) is 0 Å². The molecule has 0 amide bonds. The van der Waals surface area contributed by atoms with Crippen LogP contribution in [-0.4, -0.2) is 4.98 Å².